The number of nitrogens with zero attached hydrogens (tertiary/aromatic N) is 2. The van der Waals surface area contributed by atoms with Gasteiger partial charge in [0.05, 0.1) is 0 Å². The van der Waals surface area contributed by atoms with Gasteiger partial charge in [0.15, 0.2) is 0 Å². The fourth-order valence-electron chi connectivity index (χ4n) is 2.18. The zero-order valence-corrected chi connectivity index (χ0v) is 12.9. The van der Waals surface area contributed by atoms with Gasteiger partial charge in [0.1, 0.15) is 6.54 Å². The summed E-state index contributed by atoms with van der Waals surface area (Å²) in [5.41, 5.74) is 0. The van der Waals surface area contributed by atoms with Crippen LogP contribution in [-0.2, 0) is 10.2 Å². The summed E-state index contributed by atoms with van der Waals surface area (Å²) in [7, 11) is -4.05. The van der Waals surface area contributed by atoms with E-state index in [1.807, 2.05) is 0 Å². The molecule has 0 radical (unpaired) electrons. The summed E-state index contributed by atoms with van der Waals surface area (Å²) < 4.78 is 63.7. The highest BCUT2D eigenvalue weighted by atomic mass is 35.5. The molecule has 0 spiro atoms. The van der Waals surface area contributed by atoms with Gasteiger partial charge >= 0.3 is 6.18 Å². The second-order valence-corrected chi connectivity index (χ2v) is 7.19. The van der Waals surface area contributed by atoms with Crippen LogP contribution < -0.4 is 0 Å². The quantitative estimate of drug-likeness (QED) is 0.699. The highest BCUT2D eigenvalue weighted by Gasteiger charge is 2.39. The molecule has 1 rings (SSSR count). The Balaban J connectivity index is 2.78. The van der Waals surface area contributed by atoms with Crippen LogP contribution in [0.15, 0.2) is 0 Å². The van der Waals surface area contributed by atoms with Gasteiger partial charge in [-0.15, -0.1) is 11.6 Å². The lowest BCUT2D eigenvalue weighted by atomic mass is 10.0. The fraction of sp³-hybridized carbons (Fsp3) is 1.00. The van der Waals surface area contributed by atoms with Crippen LogP contribution >= 0.6 is 11.6 Å². The normalized spacial score (nSPS) is 19.7. The molecule has 1 heterocycles. The van der Waals surface area contributed by atoms with Crippen molar-refractivity contribution < 1.29 is 21.6 Å². The van der Waals surface area contributed by atoms with Crippen molar-refractivity contribution in [3.8, 4) is 0 Å². The van der Waals surface area contributed by atoms with E-state index in [4.69, 9.17) is 11.6 Å². The van der Waals surface area contributed by atoms with Gasteiger partial charge in [0, 0.05) is 25.5 Å². The van der Waals surface area contributed by atoms with E-state index in [2.05, 4.69) is 0 Å². The maximum Gasteiger partial charge on any atom is 0.402 e. The lowest BCUT2D eigenvalue weighted by molar-refractivity contribution is -0.136. The minimum absolute atomic E-state index is 0.128. The minimum atomic E-state index is -4.53. The minimum Gasteiger partial charge on any atom is -0.195 e. The van der Waals surface area contributed by atoms with E-state index in [1.54, 1.807) is 6.92 Å². The van der Waals surface area contributed by atoms with E-state index < -0.39 is 22.9 Å². The number of hydrogen-bond acceptors (Lipinski definition) is 2. The number of halogens is 4. The second kappa shape index (κ2) is 7.29. The smallest absolute Gasteiger partial charge is 0.195 e. The number of rotatable bonds is 6. The molecule has 20 heavy (non-hydrogen) atoms. The summed E-state index contributed by atoms with van der Waals surface area (Å²) in [5, 5.41) is 0. The number of hydrogen-bond donors (Lipinski definition) is 0. The predicted octanol–water partition coefficient (Wildman–Crippen LogP) is 2.46. The molecule has 0 aliphatic carbocycles. The first-order chi connectivity index (χ1) is 9.20. The first-order valence-electron chi connectivity index (χ1n) is 6.58. The molecular formula is C11H20ClF3N2O2S. The van der Waals surface area contributed by atoms with Crippen LogP contribution in [0.3, 0.4) is 0 Å². The molecule has 1 saturated heterocycles. The van der Waals surface area contributed by atoms with Crippen molar-refractivity contribution in [3.05, 3.63) is 0 Å². The predicted molar refractivity (Wildman–Crippen MR) is 71.9 cm³/mol. The maximum absolute atomic E-state index is 12.5. The highest BCUT2D eigenvalue weighted by molar-refractivity contribution is 7.86. The molecule has 0 bridgehead atoms. The summed E-state index contributed by atoms with van der Waals surface area (Å²) in [6, 6.07) is 0. The number of alkyl halides is 4. The third-order valence-corrected chi connectivity index (χ3v) is 5.69. The zero-order valence-electron chi connectivity index (χ0n) is 11.4. The van der Waals surface area contributed by atoms with Crippen LogP contribution in [0.2, 0.25) is 0 Å². The molecule has 0 aromatic rings. The summed E-state index contributed by atoms with van der Waals surface area (Å²) in [6.07, 6.45) is -3.01. The molecule has 0 aromatic heterocycles. The van der Waals surface area contributed by atoms with Crippen molar-refractivity contribution in [3.63, 3.8) is 0 Å². The third kappa shape index (κ3) is 5.05. The van der Waals surface area contributed by atoms with E-state index in [1.165, 1.54) is 0 Å². The van der Waals surface area contributed by atoms with E-state index in [0.29, 0.717) is 29.4 Å². The van der Waals surface area contributed by atoms with Crippen molar-refractivity contribution in [1.82, 2.24) is 8.61 Å². The van der Waals surface area contributed by atoms with Gasteiger partial charge in [0.25, 0.3) is 10.2 Å². The molecule has 4 nitrogen and oxygen atoms in total. The molecule has 1 fully saturated rings. The molecule has 0 amide bonds. The van der Waals surface area contributed by atoms with E-state index in [0.717, 1.165) is 4.31 Å². The van der Waals surface area contributed by atoms with Gasteiger partial charge in [-0.25, -0.2) is 0 Å². The molecule has 0 aromatic carbocycles. The topological polar surface area (TPSA) is 40.6 Å². The Morgan fingerprint density at radius 2 is 1.85 bits per heavy atom. The molecule has 120 valence electrons. The van der Waals surface area contributed by atoms with E-state index in [9.17, 15) is 21.6 Å². The summed E-state index contributed by atoms with van der Waals surface area (Å²) in [5.74, 6) is 0.695. The molecule has 0 saturated carbocycles. The van der Waals surface area contributed by atoms with Gasteiger partial charge < -0.3 is 0 Å². The molecule has 0 N–H and O–H groups in total. The van der Waals surface area contributed by atoms with Crippen molar-refractivity contribution in [1.29, 1.82) is 0 Å². The van der Waals surface area contributed by atoms with Crippen LogP contribution in [0.1, 0.15) is 26.2 Å². The van der Waals surface area contributed by atoms with Crippen LogP contribution in [0.4, 0.5) is 13.2 Å². The average Bonchev–Trinajstić information content (AvgIpc) is 2.37. The van der Waals surface area contributed by atoms with Crippen LogP contribution in [-0.4, -0.2) is 55.3 Å². The zero-order chi connectivity index (χ0) is 15.4. The van der Waals surface area contributed by atoms with Crippen LogP contribution in [0, 0.1) is 5.92 Å². The first-order valence-corrected chi connectivity index (χ1v) is 8.51. The summed E-state index contributed by atoms with van der Waals surface area (Å²) in [4.78, 5) is 0. The largest absolute Gasteiger partial charge is 0.402 e. The van der Waals surface area contributed by atoms with E-state index >= 15 is 0 Å². The van der Waals surface area contributed by atoms with Gasteiger partial charge in [0.2, 0.25) is 0 Å². The van der Waals surface area contributed by atoms with Gasteiger partial charge in [-0.1, -0.05) is 6.92 Å². The molecule has 0 atom stereocenters. The van der Waals surface area contributed by atoms with Crippen molar-refractivity contribution in [2.24, 2.45) is 5.92 Å². The van der Waals surface area contributed by atoms with Gasteiger partial charge in [-0.3, -0.25) is 0 Å². The Morgan fingerprint density at radius 1 is 1.30 bits per heavy atom. The Morgan fingerprint density at radius 3 is 2.25 bits per heavy atom. The lowest BCUT2D eigenvalue weighted by Crippen LogP contribution is -2.50. The van der Waals surface area contributed by atoms with Crippen LogP contribution in [0.25, 0.3) is 0 Å². The monoisotopic (exact) mass is 336 g/mol. The van der Waals surface area contributed by atoms with Gasteiger partial charge in [-0.05, 0) is 25.2 Å². The van der Waals surface area contributed by atoms with Crippen molar-refractivity contribution in [2.45, 2.75) is 32.4 Å². The average molecular weight is 337 g/mol. The standard InChI is InChI=1S/C11H20ClF3N2O2S/c1-2-5-17(9-11(13,14)15)20(18,19)16-6-3-10(8-12)4-7-16/h10H,2-9H2,1H3. The highest BCUT2D eigenvalue weighted by Crippen LogP contribution is 2.25. The van der Waals surface area contributed by atoms with Crippen molar-refractivity contribution >= 4 is 21.8 Å². The molecule has 9 heteroatoms. The second-order valence-electron chi connectivity index (χ2n) is 4.95. The van der Waals surface area contributed by atoms with Crippen LogP contribution in [0.5, 0.6) is 0 Å². The Labute approximate surface area is 123 Å². The number of piperidine rings is 1. The van der Waals surface area contributed by atoms with Crippen molar-refractivity contribution in [2.75, 3.05) is 32.1 Å². The van der Waals surface area contributed by atoms with Gasteiger partial charge in [-0.2, -0.15) is 30.2 Å². The SMILES string of the molecule is CCCN(CC(F)(F)F)S(=O)(=O)N1CCC(CCl)CC1. The molecule has 0 unspecified atom stereocenters. The third-order valence-electron chi connectivity index (χ3n) is 3.27. The summed E-state index contributed by atoms with van der Waals surface area (Å²) in [6.45, 7) is 0.560. The lowest BCUT2D eigenvalue weighted by Gasteiger charge is -2.34. The Kier molecular flexibility index (Phi) is 6.56. The Bertz CT molecular complexity index is 395. The molecule has 1 aliphatic rings. The summed E-state index contributed by atoms with van der Waals surface area (Å²) >= 11 is 5.71. The van der Waals surface area contributed by atoms with E-state index in [-0.39, 0.29) is 25.6 Å². The fourth-order valence-corrected chi connectivity index (χ4v) is 4.21. The first kappa shape index (κ1) is 18.0. The molecule has 1 aliphatic heterocycles. The Hall–Kier alpha value is -0.0500. The molecular weight excluding hydrogens is 317 g/mol. The maximum atomic E-state index is 12.5.